The number of halogens is 1. The molecule has 4 rings (SSSR count). The molecular weight excluding hydrogens is 444 g/mol. The second kappa shape index (κ2) is 9.39. The standard InChI is InChI=1S/C26H19ClO4S/c1-30-20-11-5-17(6-12-20)24(28)23-15-22(16-3-9-19(27)10-4-16)26(32-23)25(29)18-7-13-21(31-2)14-8-18/h3-15H,1-2H3. The smallest absolute Gasteiger partial charge is 0.203 e. The van der Waals surface area contributed by atoms with Crippen LogP contribution in [-0.4, -0.2) is 25.8 Å². The molecule has 160 valence electrons. The number of benzene rings is 3. The van der Waals surface area contributed by atoms with Crippen LogP contribution in [0.4, 0.5) is 0 Å². The van der Waals surface area contributed by atoms with Crippen LogP contribution in [0.25, 0.3) is 11.1 Å². The first-order valence-corrected chi connectivity index (χ1v) is 11.0. The van der Waals surface area contributed by atoms with Gasteiger partial charge in [-0.05, 0) is 72.3 Å². The zero-order valence-corrected chi connectivity index (χ0v) is 19.0. The molecule has 0 aliphatic heterocycles. The quantitative estimate of drug-likeness (QED) is 0.292. The minimum absolute atomic E-state index is 0.151. The summed E-state index contributed by atoms with van der Waals surface area (Å²) in [6.45, 7) is 0. The maximum absolute atomic E-state index is 13.4. The van der Waals surface area contributed by atoms with Gasteiger partial charge in [-0.3, -0.25) is 9.59 Å². The fraction of sp³-hybridized carbons (Fsp3) is 0.0769. The topological polar surface area (TPSA) is 52.6 Å². The molecule has 0 amide bonds. The third-order valence-electron chi connectivity index (χ3n) is 5.02. The molecule has 4 aromatic rings. The van der Waals surface area contributed by atoms with Gasteiger partial charge in [-0.2, -0.15) is 0 Å². The number of thiophene rings is 1. The van der Waals surface area contributed by atoms with Gasteiger partial charge in [0.2, 0.25) is 11.6 Å². The highest BCUT2D eigenvalue weighted by Gasteiger charge is 2.23. The number of ether oxygens (including phenoxy) is 2. The zero-order valence-electron chi connectivity index (χ0n) is 17.4. The van der Waals surface area contributed by atoms with E-state index in [2.05, 4.69) is 0 Å². The molecule has 1 heterocycles. The predicted octanol–water partition coefficient (Wildman–Crippen LogP) is 6.55. The van der Waals surface area contributed by atoms with Gasteiger partial charge >= 0.3 is 0 Å². The van der Waals surface area contributed by atoms with Crippen LogP contribution in [0.5, 0.6) is 11.5 Å². The van der Waals surface area contributed by atoms with Gasteiger partial charge in [-0.25, -0.2) is 0 Å². The summed E-state index contributed by atoms with van der Waals surface area (Å²) in [6, 6.07) is 22.8. The van der Waals surface area contributed by atoms with Gasteiger partial charge < -0.3 is 9.47 Å². The van der Waals surface area contributed by atoms with Crippen molar-refractivity contribution in [2.75, 3.05) is 14.2 Å². The van der Waals surface area contributed by atoms with Gasteiger partial charge in [0.1, 0.15) is 11.5 Å². The minimum atomic E-state index is -0.156. The number of carbonyl (C=O) groups is 2. The highest BCUT2D eigenvalue weighted by Crippen LogP contribution is 2.35. The molecule has 1 aromatic heterocycles. The third kappa shape index (κ3) is 4.44. The number of hydrogen-bond donors (Lipinski definition) is 0. The molecule has 0 spiro atoms. The van der Waals surface area contributed by atoms with Crippen molar-refractivity contribution in [3.8, 4) is 22.6 Å². The van der Waals surface area contributed by atoms with Crippen molar-refractivity contribution in [1.82, 2.24) is 0 Å². The molecule has 32 heavy (non-hydrogen) atoms. The molecule has 0 radical (unpaired) electrons. The molecule has 0 atom stereocenters. The normalized spacial score (nSPS) is 10.6. The van der Waals surface area contributed by atoms with Crippen LogP contribution in [0.1, 0.15) is 30.5 Å². The molecule has 0 aliphatic carbocycles. The maximum atomic E-state index is 13.4. The van der Waals surface area contributed by atoms with Crippen LogP contribution in [0.15, 0.2) is 78.9 Å². The second-order valence-electron chi connectivity index (χ2n) is 6.98. The molecule has 0 N–H and O–H groups in total. The first-order chi connectivity index (χ1) is 15.5. The van der Waals surface area contributed by atoms with Gasteiger partial charge in [-0.1, -0.05) is 23.7 Å². The van der Waals surface area contributed by atoms with Crippen LogP contribution in [0.3, 0.4) is 0 Å². The summed E-state index contributed by atoms with van der Waals surface area (Å²) in [6.07, 6.45) is 0. The van der Waals surface area contributed by atoms with Crippen LogP contribution >= 0.6 is 22.9 Å². The summed E-state index contributed by atoms with van der Waals surface area (Å²) < 4.78 is 10.4. The Morgan fingerprint density at radius 1 is 0.719 bits per heavy atom. The number of carbonyl (C=O) groups excluding carboxylic acids is 2. The summed E-state index contributed by atoms with van der Waals surface area (Å²) in [5, 5.41) is 0.599. The monoisotopic (exact) mass is 462 g/mol. The first-order valence-electron chi connectivity index (χ1n) is 9.77. The first kappa shape index (κ1) is 21.8. The molecule has 6 heteroatoms. The fourth-order valence-electron chi connectivity index (χ4n) is 3.27. The SMILES string of the molecule is COc1ccc(C(=O)c2cc(-c3ccc(Cl)cc3)c(C(=O)c3ccc(OC)cc3)s2)cc1. The van der Waals surface area contributed by atoms with Crippen molar-refractivity contribution in [2.45, 2.75) is 0 Å². The Kier molecular flexibility index (Phi) is 6.40. The van der Waals surface area contributed by atoms with Gasteiger partial charge in [0.25, 0.3) is 0 Å². The Balaban J connectivity index is 1.77. The van der Waals surface area contributed by atoms with Crippen LogP contribution in [0.2, 0.25) is 5.02 Å². The molecule has 0 bridgehead atoms. The van der Waals surface area contributed by atoms with Crippen molar-refractivity contribution < 1.29 is 19.1 Å². The number of hydrogen-bond acceptors (Lipinski definition) is 5. The Labute approximate surface area is 195 Å². The lowest BCUT2D eigenvalue weighted by atomic mass is 10.0. The van der Waals surface area contributed by atoms with E-state index in [0.717, 1.165) is 5.56 Å². The van der Waals surface area contributed by atoms with E-state index in [9.17, 15) is 9.59 Å². The Bertz CT molecular complexity index is 1260. The number of methoxy groups -OCH3 is 2. The van der Waals surface area contributed by atoms with E-state index in [1.165, 1.54) is 11.3 Å². The van der Waals surface area contributed by atoms with Crippen LogP contribution < -0.4 is 9.47 Å². The summed E-state index contributed by atoms with van der Waals surface area (Å²) in [5.74, 6) is 1.03. The number of ketones is 2. The van der Waals surface area contributed by atoms with Crippen LogP contribution in [0, 0.1) is 0 Å². The Morgan fingerprint density at radius 3 is 1.72 bits per heavy atom. The maximum Gasteiger partial charge on any atom is 0.203 e. The van der Waals surface area contributed by atoms with E-state index < -0.39 is 0 Å². The van der Waals surface area contributed by atoms with Crippen molar-refractivity contribution in [3.63, 3.8) is 0 Å². The number of rotatable bonds is 7. The Morgan fingerprint density at radius 2 is 1.22 bits per heavy atom. The van der Waals surface area contributed by atoms with Gasteiger partial charge in [0.05, 0.1) is 24.0 Å². The van der Waals surface area contributed by atoms with Gasteiger partial charge in [-0.15, -0.1) is 11.3 Å². The molecular formula is C26H19ClO4S. The predicted molar refractivity (Wildman–Crippen MR) is 128 cm³/mol. The lowest BCUT2D eigenvalue weighted by Crippen LogP contribution is -2.00. The van der Waals surface area contributed by atoms with Gasteiger partial charge in [0.15, 0.2) is 0 Å². The van der Waals surface area contributed by atoms with E-state index in [1.54, 1.807) is 80.9 Å². The molecule has 0 saturated carbocycles. The highest BCUT2D eigenvalue weighted by molar-refractivity contribution is 7.17. The molecule has 0 unspecified atom stereocenters. The van der Waals surface area contributed by atoms with E-state index >= 15 is 0 Å². The molecule has 4 nitrogen and oxygen atoms in total. The summed E-state index contributed by atoms with van der Waals surface area (Å²) in [4.78, 5) is 27.5. The third-order valence-corrected chi connectivity index (χ3v) is 6.41. The van der Waals surface area contributed by atoms with Crippen LogP contribution in [-0.2, 0) is 0 Å². The average Bonchev–Trinajstić information content (AvgIpc) is 3.29. The fourth-order valence-corrected chi connectivity index (χ4v) is 4.50. The molecule has 3 aromatic carbocycles. The minimum Gasteiger partial charge on any atom is -0.497 e. The van der Waals surface area contributed by atoms with Crippen molar-refractivity contribution in [1.29, 1.82) is 0 Å². The lowest BCUT2D eigenvalue weighted by molar-refractivity contribution is 0.103. The van der Waals surface area contributed by atoms with E-state index in [-0.39, 0.29) is 11.6 Å². The molecule has 0 aliphatic rings. The second-order valence-corrected chi connectivity index (χ2v) is 8.46. The summed E-state index contributed by atoms with van der Waals surface area (Å²) >= 11 is 7.24. The van der Waals surface area contributed by atoms with Crippen molar-refractivity contribution in [2.24, 2.45) is 0 Å². The van der Waals surface area contributed by atoms with Gasteiger partial charge in [0, 0.05) is 21.7 Å². The van der Waals surface area contributed by atoms with Crippen molar-refractivity contribution in [3.05, 3.63) is 105 Å². The largest absolute Gasteiger partial charge is 0.497 e. The van der Waals surface area contributed by atoms with E-state index in [0.29, 0.717) is 43.0 Å². The highest BCUT2D eigenvalue weighted by atomic mass is 35.5. The Hall–Kier alpha value is -3.41. The molecule has 0 fully saturated rings. The summed E-state index contributed by atoms with van der Waals surface area (Å²) in [5.41, 5.74) is 2.56. The summed E-state index contributed by atoms with van der Waals surface area (Å²) in [7, 11) is 3.15. The lowest BCUT2D eigenvalue weighted by Gasteiger charge is -2.05. The van der Waals surface area contributed by atoms with Crippen molar-refractivity contribution >= 4 is 34.5 Å². The average molecular weight is 463 g/mol. The van der Waals surface area contributed by atoms with E-state index in [4.69, 9.17) is 21.1 Å². The zero-order chi connectivity index (χ0) is 22.7. The van der Waals surface area contributed by atoms with E-state index in [1.807, 2.05) is 12.1 Å². The molecule has 0 saturated heterocycles.